The number of carbonyl (C=O) groups is 1. The van der Waals surface area contributed by atoms with Crippen LogP contribution in [0.2, 0.25) is 0 Å². The molecule has 1 aliphatic rings. The van der Waals surface area contributed by atoms with Crippen molar-refractivity contribution >= 4 is 5.91 Å². The molecule has 5 heteroatoms. The van der Waals surface area contributed by atoms with Crippen molar-refractivity contribution in [1.29, 1.82) is 0 Å². The fourth-order valence-electron chi connectivity index (χ4n) is 2.83. The first-order chi connectivity index (χ1) is 12.3. The summed E-state index contributed by atoms with van der Waals surface area (Å²) in [4.78, 5) is 14.3. The lowest BCUT2D eigenvalue weighted by atomic mass is 10.2. The van der Waals surface area contributed by atoms with Crippen LogP contribution in [0.25, 0.3) is 0 Å². The van der Waals surface area contributed by atoms with Gasteiger partial charge in [-0.05, 0) is 17.7 Å². The summed E-state index contributed by atoms with van der Waals surface area (Å²) in [5.74, 6) is 0.563. The number of hydrogen-bond acceptors (Lipinski definition) is 4. The smallest absolute Gasteiger partial charge is 0.258 e. The fraction of sp³-hybridized carbons (Fsp3) is 0.350. The van der Waals surface area contributed by atoms with Gasteiger partial charge in [-0.15, -0.1) is 0 Å². The summed E-state index contributed by atoms with van der Waals surface area (Å²) in [7, 11) is 0. The Bertz CT molecular complexity index is 649. The van der Waals surface area contributed by atoms with E-state index in [4.69, 9.17) is 9.47 Å². The van der Waals surface area contributed by atoms with E-state index in [0.717, 1.165) is 19.6 Å². The van der Waals surface area contributed by atoms with Gasteiger partial charge >= 0.3 is 0 Å². The van der Waals surface area contributed by atoms with Crippen LogP contribution in [0.5, 0.6) is 5.75 Å². The lowest BCUT2D eigenvalue weighted by Gasteiger charge is -2.33. The highest BCUT2D eigenvalue weighted by Gasteiger charge is 2.21. The molecule has 5 nitrogen and oxygen atoms in total. The molecule has 0 bridgehead atoms. The molecule has 1 saturated heterocycles. The minimum absolute atomic E-state index is 0.0122. The third kappa shape index (κ3) is 5.89. The lowest BCUT2D eigenvalue weighted by Crippen LogP contribution is -2.47. The molecular weight excluding hydrogens is 316 g/mol. The quantitative estimate of drug-likeness (QED) is 0.838. The summed E-state index contributed by atoms with van der Waals surface area (Å²) in [6.45, 7) is 3.84. The number of carbonyl (C=O) groups excluding carboxylic acids is 1. The number of nitrogens with one attached hydrogen (secondary N) is 1. The Morgan fingerprint density at radius 2 is 1.84 bits per heavy atom. The lowest BCUT2D eigenvalue weighted by molar-refractivity contribution is -0.124. The number of ether oxygens (including phenoxy) is 2. The maximum atomic E-state index is 11.9. The molecule has 0 saturated carbocycles. The van der Waals surface area contributed by atoms with E-state index in [2.05, 4.69) is 34.5 Å². The minimum atomic E-state index is -0.132. The highest BCUT2D eigenvalue weighted by atomic mass is 16.5. The largest absolute Gasteiger partial charge is 0.484 e. The van der Waals surface area contributed by atoms with Gasteiger partial charge in [0.2, 0.25) is 0 Å². The molecule has 1 atom stereocenters. The average molecular weight is 340 g/mol. The van der Waals surface area contributed by atoms with Gasteiger partial charge < -0.3 is 14.8 Å². The molecule has 25 heavy (non-hydrogen) atoms. The Morgan fingerprint density at radius 3 is 2.60 bits per heavy atom. The predicted octanol–water partition coefficient (Wildman–Crippen LogP) is 2.08. The maximum absolute atomic E-state index is 11.9. The van der Waals surface area contributed by atoms with Crippen molar-refractivity contribution in [3.05, 3.63) is 66.2 Å². The Labute approximate surface area is 148 Å². The summed E-state index contributed by atoms with van der Waals surface area (Å²) < 4.78 is 11.2. The average Bonchev–Trinajstić information content (AvgIpc) is 2.67. The first-order valence-corrected chi connectivity index (χ1v) is 8.62. The molecular formula is C20H24N2O3. The molecule has 1 aliphatic heterocycles. The SMILES string of the molecule is O=C(COc1ccccc1)NCC1CN(Cc2ccccc2)CCO1. The fourth-order valence-corrected chi connectivity index (χ4v) is 2.83. The Morgan fingerprint density at radius 1 is 1.12 bits per heavy atom. The monoisotopic (exact) mass is 340 g/mol. The van der Waals surface area contributed by atoms with Crippen LogP contribution in [0.1, 0.15) is 5.56 Å². The summed E-state index contributed by atoms with van der Waals surface area (Å²) in [5, 5.41) is 2.89. The Hall–Kier alpha value is -2.37. The van der Waals surface area contributed by atoms with E-state index in [1.807, 2.05) is 36.4 Å². The Kier molecular flexibility index (Phi) is 6.42. The normalized spacial score (nSPS) is 17.8. The van der Waals surface area contributed by atoms with E-state index in [1.54, 1.807) is 0 Å². The van der Waals surface area contributed by atoms with Crippen molar-refractivity contribution < 1.29 is 14.3 Å². The second kappa shape index (κ2) is 9.20. The van der Waals surface area contributed by atoms with Gasteiger partial charge in [-0.3, -0.25) is 9.69 Å². The summed E-state index contributed by atoms with van der Waals surface area (Å²) in [6, 6.07) is 19.7. The van der Waals surface area contributed by atoms with Crippen LogP contribution in [0.15, 0.2) is 60.7 Å². The van der Waals surface area contributed by atoms with Crippen LogP contribution in [0.4, 0.5) is 0 Å². The van der Waals surface area contributed by atoms with Crippen LogP contribution in [0, 0.1) is 0 Å². The van der Waals surface area contributed by atoms with Crippen molar-refractivity contribution in [2.75, 3.05) is 32.8 Å². The van der Waals surface area contributed by atoms with E-state index in [0.29, 0.717) is 18.9 Å². The van der Waals surface area contributed by atoms with Gasteiger partial charge in [-0.1, -0.05) is 48.5 Å². The molecule has 0 radical (unpaired) electrons. The molecule has 2 aromatic carbocycles. The third-order valence-corrected chi connectivity index (χ3v) is 4.11. The van der Waals surface area contributed by atoms with Crippen LogP contribution in [0.3, 0.4) is 0 Å². The van der Waals surface area contributed by atoms with Gasteiger partial charge in [0.1, 0.15) is 5.75 Å². The molecule has 1 heterocycles. The predicted molar refractivity (Wildman–Crippen MR) is 96.4 cm³/mol. The number of morpholine rings is 1. The second-order valence-electron chi connectivity index (χ2n) is 6.12. The number of hydrogen-bond donors (Lipinski definition) is 1. The van der Waals surface area contributed by atoms with E-state index < -0.39 is 0 Å². The second-order valence-corrected chi connectivity index (χ2v) is 6.12. The zero-order valence-corrected chi connectivity index (χ0v) is 14.3. The van der Waals surface area contributed by atoms with Gasteiger partial charge in [0.05, 0.1) is 12.7 Å². The number of para-hydroxylation sites is 1. The molecule has 0 spiro atoms. The van der Waals surface area contributed by atoms with Crippen molar-refractivity contribution in [3.63, 3.8) is 0 Å². The van der Waals surface area contributed by atoms with E-state index in [1.165, 1.54) is 5.56 Å². The first-order valence-electron chi connectivity index (χ1n) is 8.62. The van der Waals surface area contributed by atoms with Crippen LogP contribution >= 0.6 is 0 Å². The van der Waals surface area contributed by atoms with Crippen LogP contribution in [-0.2, 0) is 16.1 Å². The number of rotatable bonds is 7. The maximum Gasteiger partial charge on any atom is 0.258 e. The molecule has 132 valence electrons. The van der Waals surface area contributed by atoms with E-state index >= 15 is 0 Å². The van der Waals surface area contributed by atoms with Crippen LogP contribution in [-0.4, -0.2) is 49.8 Å². The minimum Gasteiger partial charge on any atom is -0.484 e. The summed E-state index contributed by atoms with van der Waals surface area (Å²) in [5.41, 5.74) is 1.29. The van der Waals surface area contributed by atoms with Crippen molar-refractivity contribution in [2.45, 2.75) is 12.6 Å². The first kappa shape index (κ1) is 17.5. The number of amides is 1. The molecule has 0 aliphatic carbocycles. The van der Waals surface area contributed by atoms with Gasteiger partial charge in [-0.25, -0.2) is 0 Å². The van der Waals surface area contributed by atoms with Crippen molar-refractivity contribution in [3.8, 4) is 5.75 Å². The van der Waals surface area contributed by atoms with E-state index in [-0.39, 0.29) is 18.6 Å². The highest BCUT2D eigenvalue weighted by Crippen LogP contribution is 2.10. The Balaban J connectivity index is 1.38. The van der Waals surface area contributed by atoms with Crippen LogP contribution < -0.4 is 10.1 Å². The molecule has 1 N–H and O–H groups in total. The zero-order valence-electron chi connectivity index (χ0n) is 14.3. The van der Waals surface area contributed by atoms with Gasteiger partial charge in [0, 0.05) is 26.2 Å². The van der Waals surface area contributed by atoms with Gasteiger partial charge in [0.25, 0.3) is 5.91 Å². The molecule has 1 fully saturated rings. The van der Waals surface area contributed by atoms with Crippen molar-refractivity contribution in [2.24, 2.45) is 0 Å². The van der Waals surface area contributed by atoms with Gasteiger partial charge in [0.15, 0.2) is 6.61 Å². The number of benzene rings is 2. The topological polar surface area (TPSA) is 50.8 Å². The molecule has 0 aromatic heterocycles. The highest BCUT2D eigenvalue weighted by molar-refractivity contribution is 5.77. The standard InChI is InChI=1S/C20H24N2O3/c23-20(16-25-18-9-5-2-6-10-18)21-13-19-15-22(11-12-24-19)14-17-7-3-1-4-8-17/h1-10,19H,11-16H2,(H,21,23). The molecule has 3 rings (SSSR count). The van der Waals surface area contributed by atoms with Gasteiger partial charge in [-0.2, -0.15) is 0 Å². The molecule has 1 unspecified atom stereocenters. The molecule has 1 amide bonds. The zero-order chi connectivity index (χ0) is 17.3. The summed E-state index contributed by atoms with van der Waals surface area (Å²) in [6.07, 6.45) is 0.0122. The van der Waals surface area contributed by atoms with E-state index in [9.17, 15) is 4.79 Å². The third-order valence-electron chi connectivity index (χ3n) is 4.11. The van der Waals surface area contributed by atoms with Crippen molar-refractivity contribution in [1.82, 2.24) is 10.2 Å². The summed E-state index contributed by atoms with van der Waals surface area (Å²) >= 11 is 0. The molecule has 2 aromatic rings. The number of nitrogens with zero attached hydrogens (tertiary/aromatic N) is 1.